The van der Waals surface area contributed by atoms with Crippen LogP contribution in [0.15, 0.2) is 30.7 Å². The van der Waals surface area contributed by atoms with Gasteiger partial charge in [0, 0.05) is 38.7 Å². The van der Waals surface area contributed by atoms with Crippen LogP contribution < -0.4 is 19.9 Å². The fraction of sp³-hybridized carbons (Fsp3) is 0.440. The number of rotatable bonds is 9. The van der Waals surface area contributed by atoms with E-state index in [2.05, 4.69) is 17.2 Å². The second-order valence-electron chi connectivity index (χ2n) is 8.55. The number of carbonyl (C=O) groups excluding carboxylic acids is 1. The van der Waals surface area contributed by atoms with Gasteiger partial charge in [0.25, 0.3) is 0 Å². The van der Waals surface area contributed by atoms with Crippen molar-refractivity contribution in [3.63, 3.8) is 0 Å². The Balaban J connectivity index is 1.70. The molecule has 0 radical (unpaired) electrons. The van der Waals surface area contributed by atoms with Gasteiger partial charge >= 0.3 is 0 Å². The van der Waals surface area contributed by atoms with E-state index < -0.39 is 0 Å². The van der Waals surface area contributed by atoms with Crippen LogP contribution in [0, 0.1) is 6.92 Å². The van der Waals surface area contributed by atoms with E-state index in [0.29, 0.717) is 24.7 Å². The normalized spacial score (nSPS) is 14.2. The quantitative estimate of drug-likeness (QED) is 0.498. The molecule has 1 atom stereocenters. The van der Waals surface area contributed by atoms with Gasteiger partial charge in [-0.2, -0.15) is 4.98 Å². The fourth-order valence-electron chi connectivity index (χ4n) is 4.24. The molecular formula is C25H33N7O3. The van der Waals surface area contributed by atoms with Gasteiger partial charge in [-0.15, -0.1) is 0 Å². The van der Waals surface area contributed by atoms with E-state index in [-0.39, 0.29) is 18.6 Å². The average Bonchev–Trinajstić information content (AvgIpc) is 3.30. The van der Waals surface area contributed by atoms with E-state index in [9.17, 15) is 4.79 Å². The molecule has 1 aromatic carbocycles. The minimum atomic E-state index is -0.000810. The largest absolute Gasteiger partial charge is 0.494 e. The summed E-state index contributed by atoms with van der Waals surface area (Å²) in [5, 5.41) is 3.33. The maximum Gasteiger partial charge on any atom is 0.246 e. The Morgan fingerprint density at radius 1 is 1.20 bits per heavy atom. The number of amides is 1. The second kappa shape index (κ2) is 10.3. The zero-order valence-electron chi connectivity index (χ0n) is 21.2. The van der Waals surface area contributed by atoms with Crippen LogP contribution in [0.3, 0.4) is 0 Å². The summed E-state index contributed by atoms with van der Waals surface area (Å²) in [4.78, 5) is 30.3. The van der Waals surface area contributed by atoms with E-state index in [1.54, 1.807) is 32.5 Å². The highest BCUT2D eigenvalue weighted by atomic mass is 16.5. The number of methoxy groups -OCH3 is 2. The number of nitrogens with one attached hydrogen (secondary N) is 1. The number of aryl methyl sites for hydroxylation is 2. The molecule has 1 amide bonds. The van der Waals surface area contributed by atoms with Crippen LogP contribution in [0.5, 0.6) is 5.75 Å². The number of anilines is 4. The first-order valence-electron chi connectivity index (χ1n) is 11.8. The molecule has 3 aromatic rings. The molecular weight excluding hydrogens is 446 g/mol. The number of nitrogens with zero attached hydrogens (tertiary/aromatic N) is 6. The number of fused-ring (bicyclic) bond motifs is 1. The summed E-state index contributed by atoms with van der Waals surface area (Å²) >= 11 is 0. The minimum Gasteiger partial charge on any atom is -0.494 e. The molecule has 0 bridgehead atoms. The fourth-order valence-corrected chi connectivity index (χ4v) is 4.24. The van der Waals surface area contributed by atoms with Crippen LogP contribution in [-0.2, 0) is 16.0 Å². The Labute approximate surface area is 205 Å². The zero-order valence-corrected chi connectivity index (χ0v) is 21.2. The summed E-state index contributed by atoms with van der Waals surface area (Å²) in [6.07, 6.45) is 5.21. The summed E-state index contributed by atoms with van der Waals surface area (Å²) < 4.78 is 13.2. The van der Waals surface area contributed by atoms with Gasteiger partial charge in [-0.3, -0.25) is 4.79 Å². The summed E-state index contributed by atoms with van der Waals surface area (Å²) in [6.45, 7) is 6.86. The summed E-state index contributed by atoms with van der Waals surface area (Å²) in [6, 6.07) is 5.82. The molecule has 10 heteroatoms. The van der Waals surface area contributed by atoms with Gasteiger partial charge in [0.05, 0.1) is 43.2 Å². The SMILES string of the molecule is CCc1nc(Nc2ccc(-n3cnc(C)c3)c(OC)c2)nc2c1N(C)C(=O)CN2CC(CC)OC. The average molecular weight is 480 g/mol. The molecule has 4 rings (SSSR count). The number of ether oxygens (including phenoxy) is 2. The Bertz CT molecular complexity index is 1210. The molecule has 1 aliphatic heterocycles. The van der Waals surface area contributed by atoms with Gasteiger partial charge in [0.15, 0.2) is 5.82 Å². The van der Waals surface area contributed by atoms with Gasteiger partial charge in [0.2, 0.25) is 11.9 Å². The number of hydrogen-bond donors (Lipinski definition) is 1. The van der Waals surface area contributed by atoms with Crippen LogP contribution in [0.2, 0.25) is 0 Å². The number of benzene rings is 1. The Morgan fingerprint density at radius 3 is 2.63 bits per heavy atom. The summed E-state index contributed by atoms with van der Waals surface area (Å²) in [5.74, 6) is 1.90. The number of imidazole rings is 1. The van der Waals surface area contributed by atoms with Crippen molar-refractivity contribution in [1.29, 1.82) is 0 Å². The first-order valence-corrected chi connectivity index (χ1v) is 11.8. The smallest absolute Gasteiger partial charge is 0.246 e. The minimum absolute atomic E-state index is 0.000810. The molecule has 1 aliphatic rings. The number of likely N-dealkylation sites (N-methyl/N-ethyl adjacent to an activating group) is 1. The standard InChI is InChI=1S/C25H33N7O3/c1-7-18(34-5)13-31-14-22(33)30(4)23-19(8-2)28-25(29-24(23)31)27-17-9-10-20(21(11-17)35-6)32-12-16(3)26-15-32/h9-12,15,18H,7-8,13-14H2,1-6H3,(H,27,28,29). The third-order valence-electron chi connectivity index (χ3n) is 6.25. The lowest BCUT2D eigenvalue weighted by Gasteiger charge is -2.37. The number of carbonyl (C=O) groups is 1. The van der Waals surface area contributed by atoms with Gasteiger partial charge in [0.1, 0.15) is 11.4 Å². The van der Waals surface area contributed by atoms with Crippen molar-refractivity contribution in [2.75, 3.05) is 49.5 Å². The lowest BCUT2D eigenvalue weighted by molar-refractivity contribution is -0.117. The Kier molecular flexibility index (Phi) is 7.20. The van der Waals surface area contributed by atoms with Crippen molar-refractivity contribution >= 4 is 29.0 Å². The zero-order chi connectivity index (χ0) is 25.1. The van der Waals surface area contributed by atoms with E-state index in [1.165, 1.54) is 0 Å². The van der Waals surface area contributed by atoms with Crippen molar-refractivity contribution in [3.05, 3.63) is 42.1 Å². The molecule has 186 valence electrons. The van der Waals surface area contributed by atoms with Crippen LogP contribution in [-0.4, -0.2) is 65.9 Å². The van der Waals surface area contributed by atoms with Crippen LogP contribution in [0.25, 0.3) is 5.69 Å². The molecule has 0 aliphatic carbocycles. The summed E-state index contributed by atoms with van der Waals surface area (Å²) in [5.41, 5.74) is 4.16. The molecule has 1 N–H and O–H groups in total. The second-order valence-corrected chi connectivity index (χ2v) is 8.55. The van der Waals surface area contributed by atoms with Crippen molar-refractivity contribution < 1.29 is 14.3 Å². The highest BCUT2D eigenvalue weighted by Crippen LogP contribution is 2.36. The molecule has 3 heterocycles. The lowest BCUT2D eigenvalue weighted by atomic mass is 10.1. The third-order valence-corrected chi connectivity index (χ3v) is 6.25. The highest BCUT2D eigenvalue weighted by Gasteiger charge is 2.32. The lowest BCUT2D eigenvalue weighted by Crippen LogP contribution is -2.47. The van der Waals surface area contributed by atoms with Gasteiger partial charge in [-0.1, -0.05) is 13.8 Å². The molecule has 1 unspecified atom stereocenters. The van der Waals surface area contributed by atoms with Crippen molar-refractivity contribution in [2.45, 2.75) is 39.7 Å². The Hall–Kier alpha value is -3.66. The van der Waals surface area contributed by atoms with Crippen LogP contribution in [0.4, 0.5) is 23.1 Å². The van der Waals surface area contributed by atoms with Crippen molar-refractivity contribution in [3.8, 4) is 11.4 Å². The van der Waals surface area contributed by atoms with Crippen molar-refractivity contribution in [1.82, 2.24) is 19.5 Å². The first-order chi connectivity index (χ1) is 16.9. The maximum atomic E-state index is 12.7. The van der Waals surface area contributed by atoms with E-state index >= 15 is 0 Å². The van der Waals surface area contributed by atoms with Crippen LogP contribution in [0.1, 0.15) is 31.7 Å². The van der Waals surface area contributed by atoms with E-state index in [4.69, 9.17) is 19.4 Å². The van der Waals surface area contributed by atoms with E-state index in [0.717, 1.165) is 40.7 Å². The molecule has 0 saturated heterocycles. The van der Waals surface area contributed by atoms with Gasteiger partial charge in [-0.25, -0.2) is 9.97 Å². The topological polar surface area (TPSA) is 97.6 Å². The number of aromatic nitrogens is 4. The van der Waals surface area contributed by atoms with Crippen molar-refractivity contribution in [2.24, 2.45) is 0 Å². The molecule has 35 heavy (non-hydrogen) atoms. The number of hydrogen-bond acceptors (Lipinski definition) is 8. The first kappa shape index (κ1) is 24.5. The highest BCUT2D eigenvalue weighted by molar-refractivity contribution is 6.02. The molecule has 10 nitrogen and oxygen atoms in total. The Morgan fingerprint density at radius 2 is 2.00 bits per heavy atom. The van der Waals surface area contributed by atoms with Gasteiger partial charge < -0.3 is 29.2 Å². The monoisotopic (exact) mass is 479 g/mol. The predicted octanol–water partition coefficient (Wildman–Crippen LogP) is 3.49. The van der Waals surface area contributed by atoms with E-state index in [1.807, 2.05) is 47.7 Å². The summed E-state index contributed by atoms with van der Waals surface area (Å²) in [7, 11) is 5.12. The molecule has 0 saturated carbocycles. The van der Waals surface area contributed by atoms with Gasteiger partial charge in [-0.05, 0) is 31.9 Å². The predicted molar refractivity (Wildman–Crippen MR) is 136 cm³/mol. The van der Waals surface area contributed by atoms with Crippen LogP contribution >= 0.6 is 0 Å². The third kappa shape index (κ3) is 4.93. The molecule has 2 aromatic heterocycles. The molecule has 0 fully saturated rings. The maximum absolute atomic E-state index is 12.7. The molecule has 0 spiro atoms.